The lowest BCUT2D eigenvalue weighted by atomic mass is 10.2. The molecule has 0 atom stereocenters. The zero-order valence-electron chi connectivity index (χ0n) is 11.4. The van der Waals surface area contributed by atoms with Gasteiger partial charge in [0.15, 0.2) is 0 Å². The molecule has 5 heteroatoms. The molecule has 0 saturated carbocycles. The summed E-state index contributed by atoms with van der Waals surface area (Å²) in [6, 6.07) is 11.4. The molecule has 0 fully saturated rings. The van der Waals surface area contributed by atoms with Gasteiger partial charge in [0, 0.05) is 16.2 Å². The van der Waals surface area contributed by atoms with Crippen molar-refractivity contribution in [3.63, 3.8) is 0 Å². The van der Waals surface area contributed by atoms with Crippen molar-refractivity contribution in [2.75, 3.05) is 20.0 Å². The first-order valence-corrected chi connectivity index (χ1v) is 7.39. The summed E-state index contributed by atoms with van der Waals surface area (Å²) in [5.74, 6) is 2.43. The second-order valence-electron chi connectivity index (χ2n) is 4.15. The summed E-state index contributed by atoms with van der Waals surface area (Å²) in [5.41, 5.74) is 7.37. The van der Waals surface area contributed by atoms with Gasteiger partial charge in [-0.05, 0) is 36.4 Å². The Morgan fingerprint density at radius 2 is 1.90 bits per heavy atom. The number of nitrogens with two attached hydrogens (primary N) is 1. The zero-order valence-corrected chi connectivity index (χ0v) is 12.9. The lowest BCUT2D eigenvalue weighted by Crippen LogP contribution is -1.92. The molecule has 0 aliphatic rings. The van der Waals surface area contributed by atoms with E-state index >= 15 is 0 Å². The number of benzene rings is 2. The molecule has 0 unspecified atom stereocenters. The predicted molar refractivity (Wildman–Crippen MR) is 85.0 cm³/mol. The summed E-state index contributed by atoms with van der Waals surface area (Å²) in [4.78, 5) is 1.06. The molecule has 0 aliphatic heterocycles. The Labute approximate surface area is 128 Å². The van der Waals surface area contributed by atoms with E-state index in [1.807, 2.05) is 36.4 Å². The van der Waals surface area contributed by atoms with Gasteiger partial charge in [0.25, 0.3) is 0 Å². The minimum Gasteiger partial charge on any atom is -0.497 e. The summed E-state index contributed by atoms with van der Waals surface area (Å²) in [5, 5.41) is 0.576. The van der Waals surface area contributed by atoms with E-state index in [0.717, 1.165) is 27.7 Å². The fourth-order valence-corrected chi connectivity index (χ4v) is 2.91. The van der Waals surface area contributed by atoms with Crippen molar-refractivity contribution in [1.29, 1.82) is 0 Å². The van der Waals surface area contributed by atoms with E-state index < -0.39 is 0 Å². The Hall–Kier alpha value is -1.52. The van der Waals surface area contributed by atoms with E-state index in [1.165, 1.54) is 0 Å². The van der Waals surface area contributed by atoms with E-state index in [4.69, 9.17) is 26.8 Å². The van der Waals surface area contributed by atoms with Gasteiger partial charge in [0.1, 0.15) is 11.5 Å². The highest BCUT2D eigenvalue weighted by Gasteiger charge is 2.07. The molecule has 0 heterocycles. The van der Waals surface area contributed by atoms with Crippen molar-refractivity contribution in [1.82, 2.24) is 0 Å². The number of hydrogen-bond acceptors (Lipinski definition) is 4. The third-order valence-corrected chi connectivity index (χ3v) is 4.22. The molecule has 3 nitrogen and oxygen atoms in total. The van der Waals surface area contributed by atoms with Crippen LogP contribution in [-0.2, 0) is 5.75 Å². The minimum atomic E-state index is 0.576. The van der Waals surface area contributed by atoms with Crippen LogP contribution in [0.4, 0.5) is 5.69 Å². The van der Waals surface area contributed by atoms with Crippen molar-refractivity contribution < 1.29 is 9.47 Å². The number of hydrogen-bond donors (Lipinski definition) is 1. The molecule has 106 valence electrons. The van der Waals surface area contributed by atoms with Gasteiger partial charge < -0.3 is 15.2 Å². The van der Waals surface area contributed by atoms with Crippen LogP contribution in [0.1, 0.15) is 5.56 Å². The number of nitrogen functional groups attached to an aromatic ring is 1. The molecule has 2 N–H and O–H groups in total. The highest BCUT2D eigenvalue weighted by atomic mass is 35.5. The summed E-state index contributed by atoms with van der Waals surface area (Å²) >= 11 is 7.69. The van der Waals surface area contributed by atoms with Crippen LogP contribution in [0, 0.1) is 0 Å². The SMILES string of the molecule is COc1ccc(OC)c(CSc2ccc(N)c(Cl)c2)c1. The zero-order chi connectivity index (χ0) is 14.5. The number of methoxy groups -OCH3 is 2. The van der Waals surface area contributed by atoms with Crippen LogP contribution in [0.2, 0.25) is 5.02 Å². The molecule has 0 saturated heterocycles. The Kier molecular flexibility index (Phi) is 5.04. The van der Waals surface area contributed by atoms with Crippen molar-refractivity contribution in [3.8, 4) is 11.5 Å². The lowest BCUT2D eigenvalue weighted by molar-refractivity contribution is 0.400. The van der Waals surface area contributed by atoms with E-state index in [0.29, 0.717) is 10.7 Å². The van der Waals surface area contributed by atoms with Crippen LogP contribution < -0.4 is 15.2 Å². The standard InChI is InChI=1S/C15H16ClNO2S/c1-18-11-3-6-15(19-2)10(7-11)9-20-12-4-5-14(17)13(16)8-12/h3-8H,9,17H2,1-2H3. The molecule has 0 aliphatic carbocycles. The van der Waals surface area contributed by atoms with E-state index in [2.05, 4.69) is 0 Å². The van der Waals surface area contributed by atoms with Crippen LogP contribution in [0.15, 0.2) is 41.3 Å². The van der Waals surface area contributed by atoms with Crippen LogP contribution >= 0.6 is 23.4 Å². The van der Waals surface area contributed by atoms with Gasteiger partial charge in [0.05, 0.1) is 24.9 Å². The van der Waals surface area contributed by atoms with Crippen molar-refractivity contribution in [3.05, 3.63) is 47.0 Å². The molecule has 2 aromatic carbocycles. The van der Waals surface area contributed by atoms with Gasteiger partial charge in [-0.3, -0.25) is 0 Å². The Morgan fingerprint density at radius 1 is 1.10 bits per heavy atom. The third kappa shape index (κ3) is 3.52. The molecular formula is C15H16ClNO2S. The Morgan fingerprint density at radius 3 is 2.55 bits per heavy atom. The molecule has 20 heavy (non-hydrogen) atoms. The molecule has 0 amide bonds. The van der Waals surface area contributed by atoms with Gasteiger partial charge in [-0.1, -0.05) is 11.6 Å². The largest absolute Gasteiger partial charge is 0.497 e. The molecule has 2 aromatic rings. The van der Waals surface area contributed by atoms with Gasteiger partial charge >= 0.3 is 0 Å². The van der Waals surface area contributed by atoms with E-state index in [-0.39, 0.29) is 0 Å². The van der Waals surface area contributed by atoms with Crippen LogP contribution in [0.5, 0.6) is 11.5 Å². The quantitative estimate of drug-likeness (QED) is 0.663. The highest BCUT2D eigenvalue weighted by molar-refractivity contribution is 7.98. The third-order valence-electron chi connectivity index (χ3n) is 2.85. The van der Waals surface area contributed by atoms with Crippen LogP contribution in [-0.4, -0.2) is 14.2 Å². The number of halogens is 1. The molecule has 0 bridgehead atoms. The number of ether oxygens (including phenoxy) is 2. The molecule has 0 radical (unpaired) electrons. The average molecular weight is 310 g/mol. The first-order valence-electron chi connectivity index (χ1n) is 6.02. The van der Waals surface area contributed by atoms with Crippen molar-refractivity contribution >= 4 is 29.1 Å². The minimum absolute atomic E-state index is 0.576. The summed E-state index contributed by atoms with van der Waals surface area (Å²) in [6.07, 6.45) is 0. The van der Waals surface area contributed by atoms with Gasteiger partial charge in [0.2, 0.25) is 0 Å². The second kappa shape index (κ2) is 6.77. The first-order chi connectivity index (χ1) is 9.63. The Balaban J connectivity index is 2.15. The van der Waals surface area contributed by atoms with Gasteiger partial charge in [-0.25, -0.2) is 0 Å². The fourth-order valence-electron chi connectivity index (χ4n) is 1.75. The fraction of sp³-hybridized carbons (Fsp3) is 0.200. The van der Waals surface area contributed by atoms with Crippen LogP contribution in [0.25, 0.3) is 0 Å². The topological polar surface area (TPSA) is 44.5 Å². The molecule has 2 rings (SSSR count). The van der Waals surface area contributed by atoms with E-state index in [9.17, 15) is 0 Å². The Bertz CT molecular complexity index is 604. The molecule has 0 aromatic heterocycles. The number of thioether (sulfide) groups is 1. The maximum Gasteiger partial charge on any atom is 0.123 e. The number of anilines is 1. The summed E-state index contributed by atoms with van der Waals surface area (Å²) in [7, 11) is 3.31. The monoisotopic (exact) mass is 309 g/mol. The number of rotatable bonds is 5. The predicted octanol–water partition coefficient (Wildman–Crippen LogP) is 4.23. The van der Waals surface area contributed by atoms with Gasteiger partial charge in [-0.15, -0.1) is 11.8 Å². The molecule has 0 spiro atoms. The average Bonchev–Trinajstić information content (AvgIpc) is 2.48. The maximum absolute atomic E-state index is 6.02. The van der Waals surface area contributed by atoms with Crippen LogP contribution in [0.3, 0.4) is 0 Å². The lowest BCUT2D eigenvalue weighted by Gasteiger charge is -2.10. The smallest absolute Gasteiger partial charge is 0.123 e. The summed E-state index contributed by atoms with van der Waals surface area (Å²) < 4.78 is 10.6. The van der Waals surface area contributed by atoms with Gasteiger partial charge in [-0.2, -0.15) is 0 Å². The van der Waals surface area contributed by atoms with Crippen molar-refractivity contribution in [2.45, 2.75) is 10.6 Å². The highest BCUT2D eigenvalue weighted by Crippen LogP contribution is 2.32. The second-order valence-corrected chi connectivity index (χ2v) is 5.61. The molecular weight excluding hydrogens is 294 g/mol. The summed E-state index contributed by atoms with van der Waals surface area (Å²) in [6.45, 7) is 0. The first kappa shape index (κ1) is 14.9. The van der Waals surface area contributed by atoms with Crippen molar-refractivity contribution in [2.24, 2.45) is 0 Å². The maximum atomic E-state index is 6.02. The normalized spacial score (nSPS) is 10.3. The van der Waals surface area contributed by atoms with E-state index in [1.54, 1.807) is 26.0 Å².